The zero-order valence-electron chi connectivity index (χ0n) is 56.0. The minimum Gasteiger partial charge on any atom is -0.394 e. The van der Waals surface area contributed by atoms with E-state index in [1.54, 1.807) is 54.5 Å². The Labute approximate surface area is 544 Å². The normalized spacial score (nSPS) is 26.2. The third-order valence-electron chi connectivity index (χ3n) is 15.3. The summed E-state index contributed by atoms with van der Waals surface area (Å²) < 4.78 is 0. The Hall–Kier alpha value is -7.62. The molecule has 0 spiro atoms. The van der Waals surface area contributed by atoms with Crippen LogP contribution in [0.2, 0.25) is 0 Å². The number of rotatable bonds is 21. The van der Waals surface area contributed by atoms with Gasteiger partial charge in [-0.2, -0.15) is 0 Å². The Kier molecular flexibility index (Phi) is 32.7. The summed E-state index contributed by atoms with van der Waals surface area (Å²) in [6.07, 6.45) is -7.86. The Morgan fingerprint density at radius 3 is 1.68 bits per heavy atom. The molecule has 32 heteroatoms. The smallest absolute Gasteiger partial charge is 0.248 e. The summed E-state index contributed by atoms with van der Waals surface area (Å²) in [5.41, 5.74) is 21.8. The number of aliphatic hydroxyl groups excluding tert-OH is 5. The third kappa shape index (κ3) is 27.1. The fourth-order valence-corrected chi connectivity index (χ4v) is 9.92. The Morgan fingerprint density at radius 2 is 1.16 bits per heavy atom. The van der Waals surface area contributed by atoms with Gasteiger partial charge in [0.2, 0.25) is 65.0 Å². The van der Waals surface area contributed by atoms with Crippen molar-refractivity contribution in [2.75, 3.05) is 13.2 Å². The molecule has 2 unspecified atom stereocenters. The number of nitrogens with zero attached hydrogens (tertiary/aromatic N) is 1. The van der Waals surface area contributed by atoms with Crippen molar-refractivity contribution in [3.8, 4) is 0 Å². The van der Waals surface area contributed by atoms with Crippen molar-refractivity contribution in [3.05, 3.63) is 35.9 Å². The molecule has 0 bridgehead atoms. The first-order valence-corrected chi connectivity index (χ1v) is 31.3. The molecule has 1 aromatic rings. The SMILES string of the molecule is CC[C@H](C)[C@@H]1NC(=O)[C@@H](CCCN=C(N)N)NC(=O)[C@H](CC(C)C)NC(=O)[C@H]([C@H](O)C(C)C)NC(=O)[C@@H](NC(=O)[C@H](CC(C)(C)C)NC(=O)[C@H](N)CC(C)(C)C)[C@@H](c2ccccc2)NC(=O)[C@H](CO)NC(=O)C([C@H](O)C(N)=O)NC(=O)[C@@H](C)NC(O)[C@H]([C@H](C)O)NC1=O. The first kappa shape index (κ1) is 81.5. The molecular weight excluding hydrogens is 1210 g/mol. The number of primary amides is 1. The van der Waals surface area contributed by atoms with Gasteiger partial charge < -0.3 is 102 Å². The molecule has 1 heterocycles. The maximum Gasteiger partial charge on any atom is 0.248 e. The molecule has 1 aromatic carbocycles. The summed E-state index contributed by atoms with van der Waals surface area (Å²) in [6, 6.07) is -13.4. The van der Waals surface area contributed by atoms with E-state index < -0.39 is 191 Å². The highest BCUT2D eigenvalue weighted by atomic mass is 16.3. The minimum absolute atomic E-state index is 0.0371. The highest BCUT2D eigenvalue weighted by Gasteiger charge is 2.44. The number of aliphatic hydroxyl groups is 5. The number of carbonyl (C=O) groups excluding carboxylic acids is 11. The number of nitrogens with two attached hydrogens (primary N) is 4. The largest absolute Gasteiger partial charge is 0.394 e. The zero-order chi connectivity index (χ0) is 71.2. The molecule has 0 aliphatic carbocycles. The number of carbonyl (C=O) groups is 11. The summed E-state index contributed by atoms with van der Waals surface area (Å²) in [6.45, 7) is 21.6. The number of hydrogen-bond acceptors (Lipinski definition) is 19. The lowest BCUT2D eigenvalue weighted by Gasteiger charge is -2.35. The maximum absolute atomic E-state index is 15.5. The molecule has 17 atom stereocenters. The Bertz CT molecular complexity index is 2720. The molecule has 11 amide bonds. The number of nitrogens with one attached hydrogen (secondary N) is 11. The van der Waals surface area contributed by atoms with E-state index in [4.69, 9.17) is 22.9 Å². The molecular formula is C61H106N16O16. The molecule has 1 aliphatic rings. The average molecular weight is 1320 g/mol. The van der Waals surface area contributed by atoms with E-state index in [0.29, 0.717) is 0 Å². The molecule has 93 heavy (non-hydrogen) atoms. The van der Waals surface area contributed by atoms with Gasteiger partial charge in [-0.25, -0.2) is 0 Å². The number of benzene rings is 1. The first-order valence-electron chi connectivity index (χ1n) is 31.3. The Balaban J connectivity index is 3.19. The van der Waals surface area contributed by atoms with Crippen molar-refractivity contribution in [2.24, 2.45) is 56.5 Å². The average Bonchev–Trinajstić information content (AvgIpc) is 0.842. The van der Waals surface area contributed by atoms with Crippen molar-refractivity contribution < 1.29 is 78.3 Å². The van der Waals surface area contributed by atoms with Gasteiger partial charge in [0, 0.05) is 6.54 Å². The second-order valence-electron chi connectivity index (χ2n) is 27.1. The van der Waals surface area contributed by atoms with Crippen molar-refractivity contribution in [2.45, 2.75) is 232 Å². The lowest BCUT2D eigenvalue weighted by atomic mass is 9.86. The molecule has 1 fully saturated rings. The zero-order valence-corrected chi connectivity index (χ0v) is 56.0. The van der Waals surface area contributed by atoms with Crippen LogP contribution >= 0.6 is 0 Å². The first-order chi connectivity index (χ1) is 43.0. The van der Waals surface area contributed by atoms with Crippen LogP contribution in [0.1, 0.15) is 147 Å². The maximum atomic E-state index is 15.5. The number of aliphatic imine (C=N–C) groups is 1. The molecule has 526 valence electrons. The molecule has 1 saturated heterocycles. The van der Waals surface area contributed by atoms with Crippen LogP contribution in [0.5, 0.6) is 0 Å². The van der Waals surface area contributed by atoms with E-state index in [2.05, 4.69) is 63.5 Å². The molecule has 24 N–H and O–H groups in total. The fourth-order valence-electron chi connectivity index (χ4n) is 9.92. The predicted octanol–water partition coefficient (Wildman–Crippen LogP) is -4.90. The highest BCUT2D eigenvalue weighted by molar-refractivity contribution is 6.00. The quantitative estimate of drug-likeness (QED) is 0.0312. The predicted molar refractivity (Wildman–Crippen MR) is 343 cm³/mol. The van der Waals surface area contributed by atoms with E-state index >= 15 is 9.59 Å². The van der Waals surface area contributed by atoms with Crippen LogP contribution in [-0.4, -0.2) is 201 Å². The van der Waals surface area contributed by atoms with Crippen LogP contribution in [0.4, 0.5) is 0 Å². The lowest BCUT2D eigenvalue weighted by molar-refractivity contribution is -0.140. The summed E-state index contributed by atoms with van der Waals surface area (Å²) in [7, 11) is 0. The van der Waals surface area contributed by atoms with Gasteiger partial charge in [0.1, 0.15) is 54.6 Å². The van der Waals surface area contributed by atoms with Crippen LogP contribution in [0, 0.1) is 28.6 Å². The summed E-state index contributed by atoms with van der Waals surface area (Å²) in [4.78, 5) is 162. The molecule has 0 saturated carbocycles. The van der Waals surface area contributed by atoms with E-state index in [1.807, 2.05) is 20.8 Å². The molecule has 32 nitrogen and oxygen atoms in total. The summed E-state index contributed by atoms with van der Waals surface area (Å²) in [5.74, 6) is -14.9. The van der Waals surface area contributed by atoms with Crippen LogP contribution in [-0.2, 0) is 52.7 Å². The number of hydrogen-bond donors (Lipinski definition) is 20. The van der Waals surface area contributed by atoms with Gasteiger partial charge in [-0.05, 0) is 80.1 Å². The van der Waals surface area contributed by atoms with Gasteiger partial charge >= 0.3 is 0 Å². The van der Waals surface area contributed by atoms with Gasteiger partial charge in [0.15, 0.2) is 12.1 Å². The van der Waals surface area contributed by atoms with E-state index in [9.17, 15) is 68.7 Å². The topological polar surface area (TPSA) is 538 Å². The van der Waals surface area contributed by atoms with E-state index in [0.717, 1.165) is 6.92 Å². The molecule has 1 aliphatic heterocycles. The van der Waals surface area contributed by atoms with Gasteiger partial charge in [-0.3, -0.25) is 63.0 Å². The molecule has 0 aromatic heterocycles. The van der Waals surface area contributed by atoms with Crippen molar-refractivity contribution in [1.29, 1.82) is 0 Å². The minimum atomic E-state index is -2.55. The van der Waals surface area contributed by atoms with Crippen LogP contribution in [0.3, 0.4) is 0 Å². The van der Waals surface area contributed by atoms with Crippen LogP contribution < -0.4 is 81.4 Å². The number of amides is 11. The second kappa shape index (κ2) is 37.3. The van der Waals surface area contributed by atoms with Crippen molar-refractivity contribution in [3.63, 3.8) is 0 Å². The standard InChI is InChI=1S/C61H106N16O16/c1-15-30(6)39-54(89)73-40(32(8)79)55(90)67-31(7)48(83)76-44(46(81)47(63)82)58(93)71-38(27-78)53(88)74-41(33-20-17-16-18-21-33)42(75-52(87)37(26-61(12,13)14)70-49(84)34(62)25-60(9,10)11)56(91)77-43(45(80)29(4)5)57(92)69-36(24-28(2)3)51(86)68-35(50(85)72-39)22-19-23-66-59(64)65/h16-18,20-21,28-32,34-46,55,67,78-81,90H,15,19,22-27,62H2,1-14H3,(H2,63,82)(H,68,86)(H,69,92)(H,70,84)(H,71,93)(H,72,85)(H,73,89)(H,74,88)(H,75,87)(H,76,83)(H,77,91)(H4,64,65,66)/t30-,31+,32-,34+,35+,36-,37-,38-,39-,40-,41+,42-,43-,44?,45+,46-,55?/m0/s1. The summed E-state index contributed by atoms with van der Waals surface area (Å²) in [5, 5.41) is 83.6. The van der Waals surface area contributed by atoms with Crippen LogP contribution in [0.25, 0.3) is 0 Å². The fraction of sp³-hybridized carbons (Fsp3) is 0.705. The van der Waals surface area contributed by atoms with Gasteiger partial charge in [-0.15, -0.1) is 0 Å². The molecule has 0 radical (unpaired) electrons. The lowest BCUT2D eigenvalue weighted by Crippen LogP contribution is -2.66. The summed E-state index contributed by atoms with van der Waals surface area (Å²) >= 11 is 0. The number of guanidine groups is 1. The van der Waals surface area contributed by atoms with Crippen molar-refractivity contribution >= 4 is 70.9 Å². The van der Waals surface area contributed by atoms with Gasteiger partial charge in [0.05, 0.1) is 43.0 Å². The molecule has 2 rings (SSSR count). The van der Waals surface area contributed by atoms with Gasteiger partial charge in [0.25, 0.3) is 0 Å². The highest BCUT2D eigenvalue weighted by Crippen LogP contribution is 2.25. The van der Waals surface area contributed by atoms with Crippen LogP contribution in [0.15, 0.2) is 35.3 Å². The monoisotopic (exact) mass is 1320 g/mol. The Morgan fingerprint density at radius 1 is 0.645 bits per heavy atom. The van der Waals surface area contributed by atoms with Crippen molar-refractivity contribution in [1.82, 2.24) is 58.5 Å². The van der Waals surface area contributed by atoms with E-state index in [-0.39, 0.29) is 62.5 Å². The third-order valence-corrected chi connectivity index (χ3v) is 15.3. The van der Waals surface area contributed by atoms with Gasteiger partial charge in [-0.1, -0.05) is 120 Å². The van der Waals surface area contributed by atoms with E-state index in [1.165, 1.54) is 45.0 Å². The second-order valence-corrected chi connectivity index (χ2v) is 27.1.